The van der Waals surface area contributed by atoms with E-state index in [4.69, 9.17) is 0 Å². The molecule has 0 aliphatic rings. The molecular weight excluding hydrogens is 296 g/mol. The lowest BCUT2D eigenvalue weighted by Crippen LogP contribution is -2.20. The van der Waals surface area contributed by atoms with Gasteiger partial charge in [0.1, 0.15) is 0 Å². The van der Waals surface area contributed by atoms with Crippen molar-refractivity contribution in [2.24, 2.45) is 5.92 Å². The second-order valence-corrected chi connectivity index (χ2v) is 3.28. The Morgan fingerprint density at radius 1 is 0.800 bits per heavy atom. The summed E-state index contributed by atoms with van der Waals surface area (Å²) >= 11 is 0. The summed E-state index contributed by atoms with van der Waals surface area (Å²) in [6.07, 6.45) is -11.2. The third-order valence-electron chi connectivity index (χ3n) is 1.62. The van der Waals surface area contributed by atoms with Crippen molar-refractivity contribution in [3.63, 3.8) is 0 Å². The van der Waals surface area contributed by atoms with Gasteiger partial charge in [-0.05, 0) is 20.3 Å². The molecule has 0 heterocycles. The fourth-order valence-electron chi connectivity index (χ4n) is 0.231. The van der Waals surface area contributed by atoms with Crippen LogP contribution in [-0.4, -0.2) is 25.2 Å². The van der Waals surface area contributed by atoms with Crippen LogP contribution in [0, 0.1) is 5.92 Å². The van der Waals surface area contributed by atoms with Crippen LogP contribution in [0.1, 0.15) is 49.0 Å². The zero-order valence-corrected chi connectivity index (χ0v) is 10.6. The molecule has 130 valence electrons. The Balaban J connectivity index is -0.0000000581. The summed E-state index contributed by atoms with van der Waals surface area (Å²) in [5.74, 6) is -1.15. The minimum absolute atomic E-state index is 0. The third kappa shape index (κ3) is 26.1. The van der Waals surface area contributed by atoms with Gasteiger partial charge in [0.15, 0.2) is 6.17 Å². The van der Waals surface area contributed by atoms with Gasteiger partial charge in [-0.2, -0.15) is 26.3 Å². The Morgan fingerprint density at radius 3 is 1.00 bits per heavy atom. The third-order valence-corrected chi connectivity index (χ3v) is 1.62. The van der Waals surface area contributed by atoms with Crippen molar-refractivity contribution >= 4 is 0 Å². The molecule has 0 N–H and O–H groups in total. The van der Waals surface area contributed by atoms with Crippen molar-refractivity contribution in [3.8, 4) is 0 Å². The normalized spacial score (nSPS) is 13.2. The highest BCUT2D eigenvalue weighted by atomic mass is 19.4. The molecule has 2 atom stereocenters. The highest BCUT2D eigenvalue weighted by Gasteiger charge is 2.35. The predicted octanol–water partition coefficient (Wildman–Crippen LogP) is 6.75. The van der Waals surface area contributed by atoms with E-state index in [1.54, 1.807) is 0 Å². The van der Waals surface area contributed by atoms with Crippen molar-refractivity contribution in [3.05, 3.63) is 0 Å². The Kier molecular flexibility index (Phi) is 23.5. The van der Waals surface area contributed by atoms with Crippen molar-refractivity contribution in [1.29, 1.82) is 0 Å². The summed E-state index contributed by atoms with van der Waals surface area (Å²) < 4.78 is 88.1. The largest absolute Gasteiger partial charge is 0.419 e. The Hall–Kier alpha value is -0.560. The van der Waals surface area contributed by atoms with E-state index in [1.807, 2.05) is 0 Å². The molecule has 0 fully saturated rings. The summed E-state index contributed by atoms with van der Waals surface area (Å²) in [6.45, 7) is 4.37. The van der Waals surface area contributed by atoms with Crippen LogP contribution in [0.4, 0.5) is 35.1 Å². The first-order chi connectivity index (χ1) is 7.84. The van der Waals surface area contributed by atoms with Crippen LogP contribution >= 0.6 is 0 Å². The smallest absolute Gasteiger partial charge is 0.251 e. The highest BCUT2D eigenvalue weighted by molar-refractivity contribution is 4.58. The molecule has 0 radical (unpaired) electrons. The van der Waals surface area contributed by atoms with Gasteiger partial charge in [-0.1, -0.05) is 28.7 Å². The lowest BCUT2D eigenvalue weighted by atomic mass is 10.1. The molecule has 0 spiro atoms. The average Bonchev–Trinajstić information content (AvgIpc) is 2.15. The fourth-order valence-corrected chi connectivity index (χ4v) is 0.231. The van der Waals surface area contributed by atoms with Gasteiger partial charge >= 0.3 is 12.4 Å². The Labute approximate surface area is 116 Å². The van der Waals surface area contributed by atoms with E-state index in [9.17, 15) is 35.1 Å². The first-order valence-electron chi connectivity index (χ1n) is 5.17. The van der Waals surface area contributed by atoms with Gasteiger partial charge in [0.05, 0.1) is 12.6 Å². The number of rotatable bonds is 1. The van der Waals surface area contributed by atoms with Gasteiger partial charge in [0.2, 0.25) is 0 Å². The van der Waals surface area contributed by atoms with Gasteiger partial charge in [0.25, 0.3) is 0 Å². The van der Waals surface area contributed by atoms with Crippen LogP contribution in [0.2, 0.25) is 0 Å². The molecule has 0 amide bonds. The first kappa shape index (κ1) is 31.7. The van der Waals surface area contributed by atoms with E-state index >= 15 is 0 Å². The monoisotopic (exact) mass is 322 g/mol. The summed E-state index contributed by atoms with van der Waals surface area (Å²) in [6, 6.07) is 0. The van der Waals surface area contributed by atoms with Crippen LogP contribution in [0.3, 0.4) is 0 Å². The quantitative estimate of drug-likeness (QED) is 0.468. The Morgan fingerprint density at radius 2 is 1.00 bits per heavy atom. The number of alkyl halides is 8. The van der Waals surface area contributed by atoms with Crippen LogP contribution in [0.15, 0.2) is 0 Å². The number of halogens is 8. The van der Waals surface area contributed by atoms with E-state index < -0.39 is 24.4 Å². The molecule has 0 aliphatic carbocycles. The average molecular weight is 322 g/mol. The van der Waals surface area contributed by atoms with E-state index in [0.717, 1.165) is 0 Å². The summed E-state index contributed by atoms with van der Waals surface area (Å²) in [7, 11) is 0. The molecule has 0 aromatic rings. The number of hydrogen-bond acceptors (Lipinski definition) is 0. The fraction of sp³-hybridized carbons (Fsp3) is 1.00. The molecule has 0 saturated carbocycles. The number of hydrogen-bond donors (Lipinski definition) is 0. The zero-order chi connectivity index (χ0) is 15.6. The molecule has 0 aliphatic heterocycles. The second kappa shape index (κ2) is 14.8. The molecule has 0 nitrogen and oxygen atoms in total. The van der Waals surface area contributed by atoms with Crippen molar-refractivity contribution in [1.82, 2.24) is 0 Å². The van der Waals surface area contributed by atoms with Crippen molar-refractivity contribution in [2.75, 3.05) is 6.67 Å². The molecule has 20 heavy (non-hydrogen) atoms. The van der Waals surface area contributed by atoms with Gasteiger partial charge in [0, 0.05) is 0 Å². The Bertz CT molecular complexity index is 171. The SMILES string of the molecule is C.C.CC(F)C(F)(F)F.CCC(C)C(F)(F)F.CCF. The standard InChI is InChI=1S/C5H9F3.C3H4F4.C2H5F.2CH4/c1-3-4(2)5(6,7)8;1-2(4)3(5,6)7;1-2-3;;/h4H,3H2,1-2H3;2H,1H3;2H2,1H3;2*1H4. The molecule has 8 heteroatoms. The maximum absolute atomic E-state index is 11.4. The van der Waals surface area contributed by atoms with E-state index in [-0.39, 0.29) is 27.9 Å². The van der Waals surface area contributed by atoms with Gasteiger partial charge in [-0.25, -0.2) is 4.39 Å². The predicted molar refractivity (Wildman–Crippen MR) is 67.2 cm³/mol. The molecule has 0 saturated heterocycles. The first-order valence-corrected chi connectivity index (χ1v) is 5.17. The van der Waals surface area contributed by atoms with Crippen LogP contribution in [-0.2, 0) is 0 Å². The zero-order valence-electron chi connectivity index (χ0n) is 10.6. The minimum Gasteiger partial charge on any atom is -0.251 e. The van der Waals surface area contributed by atoms with Crippen LogP contribution in [0.25, 0.3) is 0 Å². The second-order valence-electron chi connectivity index (χ2n) is 3.28. The minimum atomic E-state index is -4.67. The van der Waals surface area contributed by atoms with Crippen molar-refractivity contribution in [2.45, 2.75) is 67.5 Å². The summed E-state index contributed by atoms with van der Waals surface area (Å²) in [4.78, 5) is 0. The van der Waals surface area contributed by atoms with Gasteiger partial charge < -0.3 is 0 Å². The lowest BCUT2D eigenvalue weighted by molar-refractivity contribution is -0.174. The highest BCUT2D eigenvalue weighted by Crippen LogP contribution is 2.27. The maximum Gasteiger partial charge on any atom is 0.419 e. The lowest BCUT2D eigenvalue weighted by Gasteiger charge is -2.11. The van der Waals surface area contributed by atoms with Gasteiger partial charge in [-0.15, -0.1) is 0 Å². The van der Waals surface area contributed by atoms with Crippen molar-refractivity contribution < 1.29 is 35.1 Å². The van der Waals surface area contributed by atoms with E-state index in [1.165, 1.54) is 20.8 Å². The van der Waals surface area contributed by atoms with E-state index in [2.05, 4.69) is 0 Å². The van der Waals surface area contributed by atoms with Crippen LogP contribution in [0.5, 0.6) is 0 Å². The molecule has 0 bridgehead atoms. The summed E-state index contributed by atoms with van der Waals surface area (Å²) in [5, 5.41) is 0. The molecule has 0 aromatic carbocycles. The molecule has 2 unspecified atom stereocenters. The van der Waals surface area contributed by atoms with E-state index in [0.29, 0.717) is 6.92 Å². The maximum atomic E-state index is 11.4. The molecule has 0 aromatic heterocycles. The summed E-state index contributed by atoms with van der Waals surface area (Å²) in [5.41, 5.74) is 0. The van der Waals surface area contributed by atoms with Gasteiger partial charge in [-0.3, -0.25) is 4.39 Å². The topological polar surface area (TPSA) is 0 Å². The van der Waals surface area contributed by atoms with Crippen LogP contribution < -0.4 is 0 Å². The molecular formula is C12H26F8. The molecule has 0 rings (SSSR count).